The van der Waals surface area contributed by atoms with E-state index in [1.807, 2.05) is 75.4 Å². The Balaban J connectivity index is 1.78. The molecular weight excluding hydrogens is 565 g/mol. The highest BCUT2D eigenvalue weighted by Crippen LogP contribution is 2.29. The van der Waals surface area contributed by atoms with Crippen molar-refractivity contribution in [1.29, 1.82) is 0 Å². The number of hydrogen-bond acceptors (Lipinski definition) is 5. The minimum absolute atomic E-state index is 0.209. The summed E-state index contributed by atoms with van der Waals surface area (Å²) in [5.41, 5.74) is 10.0. The van der Waals surface area contributed by atoms with Gasteiger partial charge in [0.1, 0.15) is 11.7 Å². The number of pyridine rings is 2. The van der Waals surface area contributed by atoms with Crippen LogP contribution in [0.4, 0.5) is 4.39 Å². The fourth-order valence-electron chi connectivity index (χ4n) is 5.39. The summed E-state index contributed by atoms with van der Waals surface area (Å²) >= 11 is 0. The van der Waals surface area contributed by atoms with Gasteiger partial charge in [-0.25, -0.2) is 4.39 Å². The molecule has 4 rings (SSSR count). The number of carbonyl (C=O) groups excluding carboxylic acids is 2. The van der Waals surface area contributed by atoms with Gasteiger partial charge in [0.25, 0.3) is 0 Å². The van der Waals surface area contributed by atoms with Crippen LogP contribution in [0.2, 0.25) is 0 Å². The van der Waals surface area contributed by atoms with Crippen molar-refractivity contribution < 1.29 is 14.0 Å². The third-order valence-electron chi connectivity index (χ3n) is 8.43. The Morgan fingerprint density at radius 2 is 1.27 bits per heavy atom. The van der Waals surface area contributed by atoms with Crippen LogP contribution in [0, 0.1) is 11.7 Å². The molecule has 0 spiro atoms. The highest BCUT2D eigenvalue weighted by atomic mass is 19.1. The Morgan fingerprint density at radius 1 is 0.756 bits per heavy atom. The molecule has 8 heteroatoms. The third-order valence-corrected chi connectivity index (χ3v) is 8.43. The summed E-state index contributed by atoms with van der Waals surface area (Å²) in [6.07, 6.45) is 9.77. The van der Waals surface area contributed by atoms with E-state index >= 15 is 0 Å². The zero-order chi connectivity index (χ0) is 32.4. The number of rotatable bonds is 13. The lowest BCUT2D eigenvalue weighted by atomic mass is 9.88. The summed E-state index contributed by atoms with van der Waals surface area (Å²) < 4.78 is 13.9. The first-order valence-electron chi connectivity index (χ1n) is 15.5. The Labute approximate surface area is 266 Å². The van der Waals surface area contributed by atoms with Crippen molar-refractivity contribution in [3.05, 3.63) is 132 Å². The SMILES string of the molecule is CN(C(=O)C(C(=O)N(Cc1ccc(F)cc1)C(CCc1ccncc1)CCc1ccncc1)C(N)c1ccccc1)C(C)(C)C. The normalized spacial score (nSPS) is 12.9. The quantitative estimate of drug-likeness (QED) is 0.184. The van der Waals surface area contributed by atoms with Gasteiger partial charge in [0, 0.05) is 50.0 Å². The Kier molecular flexibility index (Phi) is 11.5. The maximum atomic E-state index is 15.0. The first-order chi connectivity index (χ1) is 21.5. The van der Waals surface area contributed by atoms with Gasteiger partial charge in [-0.15, -0.1) is 0 Å². The summed E-state index contributed by atoms with van der Waals surface area (Å²) in [4.78, 5) is 40.9. The summed E-state index contributed by atoms with van der Waals surface area (Å²) in [6.45, 7) is 6.01. The molecule has 0 saturated carbocycles. The third kappa shape index (κ3) is 9.28. The average molecular weight is 610 g/mol. The van der Waals surface area contributed by atoms with E-state index in [0.29, 0.717) is 31.2 Å². The number of amides is 2. The monoisotopic (exact) mass is 609 g/mol. The van der Waals surface area contributed by atoms with Crippen molar-refractivity contribution in [2.45, 2.75) is 70.6 Å². The van der Waals surface area contributed by atoms with Crippen LogP contribution >= 0.6 is 0 Å². The Hall–Kier alpha value is -4.43. The molecule has 2 atom stereocenters. The predicted octanol–water partition coefficient (Wildman–Crippen LogP) is 6.15. The number of hydrogen-bond donors (Lipinski definition) is 1. The van der Waals surface area contributed by atoms with Crippen molar-refractivity contribution in [3.63, 3.8) is 0 Å². The lowest BCUT2D eigenvalue weighted by molar-refractivity contribution is -0.152. The molecule has 0 aliphatic rings. The number of aromatic nitrogens is 2. The highest BCUT2D eigenvalue weighted by Gasteiger charge is 2.42. The smallest absolute Gasteiger partial charge is 0.237 e. The van der Waals surface area contributed by atoms with Gasteiger partial charge in [-0.1, -0.05) is 42.5 Å². The molecule has 7 nitrogen and oxygen atoms in total. The van der Waals surface area contributed by atoms with Crippen LogP contribution < -0.4 is 5.73 Å². The molecule has 0 saturated heterocycles. The van der Waals surface area contributed by atoms with Gasteiger partial charge in [-0.2, -0.15) is 0 Å². The largest absolute Gasteiger partial charge is 0.340 e. The zero-order valence-corrected chi connectivity index (χ0v) is 26.6. The first kappa shape index (κ1) is 33.5. The maximum Gasteiger partial charge on any atom is 0.237 e. The number of halogens is 1. The molecule has 0 fully saturated rings. The number of nitrogens with zero attached hydrogens (tertiary/aromatic N) is 4. The summed E-state index contributed by atoms with van der Waals surface area (Å²) in [7, 11) is 1.72. The van der Waals surface area contributed by atoms with Crippen LogP contribution in [-0.4, -0.2) is 50.2 Å². The molecule has 2 N–H and O–H groups in total. The van der Waals surface area contributed by atoms with Crippen molar-refractivity contribution in [1.82, 2.24) is 19.8 Å². The summed E-state index contributed by atoms with van der Waals surface area (Å²) in [6, 6.07) is 22.2. The van der Waals surface area contributed by atoms with Crippen LogP contribution in [0.15, 0.2) is 104 Å². The topological polar surface area (TPSA) is 92.4 Å². The van der Waals surface area contributed by atoms with Crippen molar-refractivity contribution >= 4 is 11.8 Å². The highest BCUT2D eigenvalue weighted by molar-refractivity contribution is 6.01. The van der Waals surface area contributed by atoms with E-state index in [9.17, 15) is 14.0 Å². The minimum atomic E-state index is -1.17. The van der Waals surface area contributed by atoms with E-state index in [4.69, 9.17) is 5.73 Å². The summed E-state index contributed by atoms with van der Waals surface area (Å²) in [5, 5.41) is 0. The average Bonchev–Trinajstić information content (AvgIpc) is 3.05. The van der Waals surface area contributed by atoms with Crippen LogP contribution in [0.3, 0.4) is 0 Å². The molecule has 4 aromatic rings. The molecule has 0 radical (unpaired) electrons. The van der Waals surface area contributed by atoms with Gasteiger partial charge in [0.2, 0.25) is 11.8 Å². The van der Waals surface area contributed by atoms with Crippen molar-refractivity contribution in [3.8, 4) is 0 Å². The van der Waals surface area contributed by atoms with E-state index in [1.165, 1.54) is 12.1 Å². The molecule has 2 amide bonds. The maximum absolute atomic E-state index is 15.0. The second-order valence-corrected chi connectivity index (χ2v) is 12.5. The van der Waals surface area contributed by atoms with Gasteiger partial charge >= 0.3 is 0 Å². The van der Waals surface area contributed by atoms with Crippen molar-refractivity contribution in [2.75, 3.05) is 7.05 Å². The molecule has 2 heterocycles. The number of carbonyl (C=O) groups is 2. The second kappa shape index (κ2) is 15.5. The van der Waals surface area contributed by atoms with Gasteiger partial charge < -0.3 is 15.5 Å². The van der Waals surface area contributed by atoms with E-state index in [2.05, 4.69) is 9.97 Å². The lowest BCUT2D eigenvalue weighted by Crippen LogP contribution is -2.54. The number of aryl methyl sites for hydroxylation is 2. The molecule has 2 aromatic carbocycles. The molecule has 2 unspecified atom stereocenters. The van der Waals surface area contributed by atoms with Gasteiger partial charge in [-0.05, 0) is 105 Å². The van der Waals surface area contributed by atoms with E-state index in [1.54, 1.807) is 53.8 Å². The second-order valence-electron chi connectivity index (χ2n) is 12.5. The lowest BCUT2D eigenvalue weighted by Gasteiger charge is -2.40. The van der Waals surface area contributed by atoms with Crippen LogP contribution in [-0.2, 0) is 29.0 Å². The van der Waals surface area contributed by atoms with Gasteiger partial charge in [-0.3, -0.25) is 19.6 Å². The first-order valence-corrected chi connectivity index (χ1v) is 15.5. The van der Waals surface area contributed by atoms with Crippen LogP contribution in [0.5, 0.6) is 0 Å². The van der Waals surface area contributed by atoms with Crippen LogP contribution in [0.1, 0.15) is 61.9 Å². The molecule has 0 bridgehead atoms. The van der Waals surface area contributed by atoms with Crippen molar-refractivity contribution in [2.24, 2.45) is 11.7 Å². The number of benzene rings is 2. The van der Waals surface area contributed by atoms with E-state index in [0.717, 1.165) is 16.7 Å². The predicted molar refractivity (Wildman–Crippen MR) is 175 cm³/mol. The van der Waals surface area contributed by atoms with E-state index in [-0.39, 0.29) is 30.2 Å². The van der Waals surface area contributed by atoms with Gasteiger partial charge in [0.15, 0.2) is 0 Å². The van der Waals surface area contributed by atoms with Gasteiger partial charge in [0.05, 0.1) is 6.04 Å². The zero-order valence-electron chi connectivity index (χ0n) is 26.6. The molecule has 0 aliphatic heterocycles. The molecule has 236 valence electrons. The fraction of sp³-hybridized carbons (Fsp3) is 0.351. The molecular formula is C37H44FN5O2. The Bertz CT molecular complexity index is 1450. The molecule has 2 aromatic heterocycles. The Morgan fingerprint density at radius 3 is 1.76 bits per heavy atom. The molecule has 45 heavy (non-hydrogen) atoms. The number of nitrogens with two attached hydrogens (primary N) is 1. The summed E-state index contributed by atoms with van der Waals surface area (Å²) in [5.74, 6) is -2.20. The minimum Gasteiger partial charge on any atom is -0.340 e. The molecule has 0 aliphatic carbocycles. The van der Waals surface area contributed by atoms with E-state index < -0.39 is 17.5 Å². The van der Waals surface area contributed by atoms with Crippen LogP contribution in [0.25, 0.3) is 0 Å². The standard InChI is InChI=1S/C37H44FN5O2/c1-37(2,3)42(4)35(44)33(34(39)30-8-6-5-7-9-30)36(45)43(26-29-10-14-31(38)15-11-29)32(16-12-27-18-22-40-23-19-27)17-13-28-20-24-41-25-21-28/h5-11,14-15,18-25,32-34H,12-13,16-17,26,39H2,1-4H3. The fourth-order valence-corrected chi connectivity index (χ4v) is 5.39.